The molecule has 2 amide bonds. The molecule has 1 saturated heterocycles. The minimum atomic E-state index is -0.510. The molecule has 10 nitrogen and oxygen atoms in total. The molecule has 4 aromatic rings. The number of amides is 2. The summed E-state index contributed by atoms with van der Waals surface area (Å²) in [4.78, 5) is 55.8. The van der Waals surface area contributed by atoms with Gasteiger partial charge in [0.25, 0.3) is 5.91 Å². The normalized spacial score (nSPS) is 22.5. The first kappa shape index (κ1) is 27.8. The summed E-state index contributed by atoms with van der Waals surface area (Å²) in [5, 5.41) is 8.36. The minimum absolute atomic E-state index is 0.00439. The fourth-order valence-electron chi connectivity index (χ4n) is 6.30. The summed E-state index contributed by atoms with van der Waals surface area (Å²) in [7, 11) is 0. The van der Waals surface area contributed by atoms with Crippen molar-refractivity contribution in [1.29, 1.82) is 0 Å². The van der Waals surface area contributed by atoms with Crippen molar-refractivity contribution in [1.82, 2.24) is 34.9 Å². The Morgan fingerprint density at radius 2 is 1.81 bits per heavy atom. The number of pyridine rings is 1. The second-order valence-corrected chi connectivity index (χ2v) is 13.3. The molecule has 3 atom stereocenters. The summed E-state index contributed by atoms with van der Waals surface area (Å²) in [6.07, 6.45) is 7.11. The first-order valence-electron chi connectivity index (χ1n) is 14.7. The van der Waals surface area contributed by atoms with Crippen LogP contribution in [0.15, 0.2) is 47.3 Å². The molecule has 1 aromatic carbocycles. The second-order valence-electron chi connectivity index (χ2n) is 12.4. The fraction of sp³-hybridized carbons (Fsp3) is 0.406. The van der Waals surface area contributed by atoms with Gasteiger partial charge >= 0.3 is 0 Å². The number of aromatic nitrogens is 5. The molecule has 3 aromatic heterocycles. The van der Waals surface area contributed by atoms with E-state index in [4.69, 9.17) is 0 Å². The van der Waals surface area contributed by atoms with Crippen LogP contribution in [0.1, 0.15) is 60.2 Å². The third-order valence-electron chi connectivity index (χ3n) is 9.08. The van der Waals surface area contributed by atoms with Crippen molar-refractivity contribution in [2.75, 3.05) is 0 Å². The molecule has 0 bridgehead atoms. The lowest BCUT2D eigenvalue weighted by molar-refractivity contribution is -0.139. The van der Waals surface area contributed by atoms with E-state index in [1.54, 1.807) is 22.0 Å². The monoisotopic (exact) mass is 641 g/mol. The molecule has 11 heteroatoms. The van der Waals surface area contributed by atoms with Crippen molar-refractivity contribution in [2.24, 2.45) is 5.41 Å². The van der Waals surface area contributed by atoms with Crippen molar-refractivity contribution in [2.45, 2.75) is 77.5 Å². The van der Waals surface area contributed by atoms with Gasteiger partial charge in [0.2, 0.25) is 5.91 Å². The Morgan fingerprint density at radius 1 is 1.05 bits per heavy atom. The van der Waals surface area contributed by atoms with Crippen molar-refractivity contribution >= 4 is 44.4 Å². The SMILES string of the molecule is Cc1ncc(-c2ccc3c(c2)c(C(=O)NC2CC2)nn3CC(=O)N2[C@H](C(=O)Cc3nc(Br)ccc3C)C[C@@]3(C)C[C@@H]23)cn1. The summed E-state index contributed by atoms with van der Waals surface area (Å²) in [6.45, 7) is 5.85. The molecule has 0 unspecified atom stereocenters. The van der Waals surface area contributed by atoms with E-state index < -0.39 is 6.04 Å². The van der Waals surface area contributed by atoms with E-state index in [9.17, 15) is 14.4 Å². The average molecular weight is 643 g/mol. The van der Waals surface area contributed by atoms with Crippen LogP contribution in [-0.4, -0.2) is 65.4 Å². The molecule has 3 aliphatic rings. The number of halogens is 1. The number of rotatable bonds is 8. The number of nitrogens with zero attached hydrogens (tertiary/aromatic N) is 6. The lowest BCUT2D eigenvalue weighted by Gasteiger charge is -2.27. The molecule has 4 heterocycles. The van der Waals surface area contributed by atoms with Crippen molar-refractivity contribution in [3.8, 4) is 11.1 Å². The molecule has 3 fully saturated rings. The van der Waals surface area contributed by atoms with Crippen molar-refractivity contribution < 1.29 is 14.4 Å². The predicted molar refractivity (Wildman–Crippen MR) is 163 cm³/mol. The number of nitrogens with one attached hydrogen (secondary N) is 1. The maximum Gasteiger partial charge on any atom is 0.272 e. The van der Waals surface area contributed by atoms with E-state index in [-0.39, 0.29) is 53.8 Å². The number of Topliss-reactive ketones (excluding diaryl/α,β-unsaturated/α-hetero) is 1. The predicted octanol–water partition coefficient (Wildman–Crippen LogP) is 4.35. The second kappa shape index (κ2) is 10.3. The van der Waals surface area contributed by atoms with Gasteiger partial charge in [0.15, 0.2) is 11.5 Å². The summed E-state index contributed by atoms with van der Waals surface area (Å²) in [5.41, 5.74) is 4.26. The van der Waals surface area contributed by atoms with Gasteiger partial charge in [-0.15, -0.1) is 0 Å². The number of hydrogen-bond acceptors (Lipinski definition) is 7. The quantitative estimate of drug-likeness (QED) is 0.284. The van der Waals surface area contributed by atoms with Crippen LogP contribution in [0, 0.1) is 19.3 Å². The maximum atomic E-state index is 14.0. The molecule has 2 saturated carbocycles. The molecule has 43 heavy (non-hydrogen) atoms. The smallest absolute Gasteiger partial charge is 0.272 e. The lowest BCUT2D eigenvalue weighted by atomic mass is 9.96. The van der Waals surface area contributed by atoms with Gasteiger partial charge < -0.3 is 10.2 Å². The number of piperidine rings is 1. The van der Waals surface area contributed by atoms with Gasteiger partial charge in [-0.25, -0.2) is 15.0 Å². The standard InChI is InChI=1S/C32H32BrN7O3/c1-17-4-9-28(33)37-23(17)11-26(41)25-12-32(3)13-27(32)40(25)29(42)16-39-24-8-5-19(20-14-34-18(2)35-15-20)10-22(24)30(38-39)31(43)36-21-6-7-21/h4-5,8-10,14-15,21,25,27H,6-7,11-13,16H2,1-3H3,(H,36,43)/t25-,27+,32-/m0/s1. The number of likely N-dealkylation sites (tertiary alicyclic amines) is 1. The highest BCUT2D eigenvalue weighted by molar-refractivity contribution is 9.10. The van der Waals surface area contributed by atoms with Gasteiger partial charge in [0, 0.05) is 35.4 Å². The first-order valence-corrected chi connectivity index (χ1v) is 15.5. The van der Waals surface area contributed by atoms with Crippen molar-refractivity contribution in [3.05, 3.63) is 70.1 Å². The van der Waals surface area contributed by atoms with E-state index in [0.29, 0.717) is 27.8 Å². The molecule has 1 N–H and O–H groups in total. The lowest BCUT2D eigenvalue weighted by Crippen LogP contribution is -2.45. The van der Waals surface area contributed by atoms with E-state index in [2.05, 4.69) is 48.2 Å². The molecule has 2 aliphatic carbocycles. The number of fused-ring (bicyclic) bond motifs is 2. The van der Waals surface area contributed by atoms with Gasteiger partial charge in [0.05, 0.1) is 23.7 Å². The molecule has 1 aliphatic heterocycles. The number of aryl methyl sites for hydroxylation is 2. The number of ketones is 1. The number of carbonyl (C=O) groups excluding carboxylic acids is 3. The molecular formula is C32H32BrN7O3. The Bertz CT molecular complexity index is 1800. The van der Waals surface area contributed by atoms with Crippen molar-refractivity contribution in [3.63, 3.8) is 0 Å². The zero-order valence-corrected chi connectivity index (χ0v) is 25.9. The summed E-state index contributed by atoms with van der Waals surface area (Å²) in [5.74, 6) is 0.249. The maximum absolute atomic E-state index is 14.0. The summed E-state index contributed by atoms with van der Waals surface area (Å²) < 4.78 is 2.29. The molecule has 0 radical (unpaired) electrons. The third-order valence-corrected chi connectivity index (χ3v) is 9.52. The van der Waals surface area contributed by atoms with Crippen LogP contribution < -0.4 is 5.32 Å². The molecular weight excluding hydrogens is 610 g/mol. The Labute approximate surface area is 257 Å². The highest BCUT2D eigenvalue weighted by Gasteiger charge is 2.64. The fourth-order valence-corrected chi connectivity index (χ4v) is 6.64. The number of hydrogen-bond donors (Lipinski definition) is 1. The largest absolute Gasteiger partial charge is 0.348 e. The van der Waals surface area contributed by atoms with E-state index in [1.165, 1.54) is 0 Å². The number of benzene rings is 1. The van der Waals surface area contributed by atoms with Gasteiger partial charge in [-0.2, -0.15) is 5.10 Å². The molecule has 0 spiro atoms. The van der Waals surface area contributed by atoms with Gasteiger partial charge in [-0.1, -0.05) is 19.1 Å². The molecule has 220 valence electrons. The van der Waals surface area contributed by atoms with Crippen LogP contribution in [0.3, 0.4) is 0 Å². The zero-order chi connectivity index (χ0) is 30.0. The van der Waals surface area contributed by atoms with Crippen LogP contribution in [0.5, 0.6) is 0 Å². The summed E-state index contributed by atoms with van der Waals surface area (Å²) >= 11 is 3.40. The van der Waals surface area contributed by atoms with E-state index >= 15 is 0 Å². The Morgan fingerprint density at radius 3 is 2.56 bits per heavy atom. The Balaban J connectivity index is 1.19. The Kier molecular flexibility index (Phi) is 6.68. The third kappa shape index (κ3) is 5.24. The van der Waals surface area contributed by atoms with E-state index in [1.807, 2.05) is 44.2 Å². The van der Waals surface area contributed by atoms with Crippen LogP contribution in [-0.2, 0) is 22.6 Å². The van der Waals surface area contributed by atoms with Crippen LogP contribution in [0.2, 0.25) is 0 Å². The average Bonchev–Trinajstić information content (AvgIpc) is 3.86. The first-order chi connectivity index (χ1) is 20.6. The van der Waals surface area contributed by atoms with Gasteiger partial charge in [-0.3, -0.25) is 19.1 Å². The van der Waals surface area contributed by atoms with E-state index in [0.717, 1.165) is 41.6 Å². The van der Waals surface area contributed by atoms with Gasteiger partial charge in [-0.05, 0) is 90.2 Å². The highest BCUT2D eigenvalue weighted by atomic mass is 79.9. The number of carbonyl (C=O) groups is 3. The molecule has 7 rings (SSSR count). The van der Waals surface area contributed by atoms with Crippen LogP contribution >= 0.6 is 15.9 Å². The zero-order valence-electron chi connectivity index (χ0n) is 24.3. The van der Waals surface area contributed by atoms with Crippen LogP contribution in [0.4, 0.5) is 0 Å². The highest BCUT2D eigenvalue weighted by Crippen LogP contribution is 2.59. The minimum Gasteiger partial charge on any atom is -0.348 e. The van der Waals surface area contributed by atoms with Gasteiger partial charge in [0.1, 0.15) is 17.0 Å². The Hall–Kier alpha value is -3.99. The van der Waals surface area contributed by atoms with Crippen LogP contribution in [0.25, 0.3) is 22.0 Å². The summed E-state index contributed by atoms with van der Waals surface area (Å²) in [6, 6.07) is 9.19. The topological polar surface area (TPSA) is 123 Å².